The molecule has 0 aliphatic rings. The van der Waals surface area contributed by atoms with Gasteiger partial charge in [-0.15, -0.1) is 0 Å². The second-order valence-corrected chi connectivity index (χ2v) is 10.0. The molecule has 0 N–H and O–H groups in total. The van der Waals surface area contributed by atoms with E-state index in [9.17, 15) is 0 Å². The minimum absolute atomic E-state index is 0.662. The molecule has 0 fully saturated rings. The number of nitrogens with zero attached hydrogens (tertiary/aromatic N) is 3. The summed E-state index contributed by atoms with van der Waals surface area (Å²) in [5.74, 6) is 1.41. The first-order valence-electron chi connectivity index (χ1n) is 14.7. The Bertz CT molecular complexity index is 730. The molecule has 0 aromatic carbocycles. The van der Waals surface area contributed by atoms with Crippen molar-refractivity contribution >= 4 is 0 Å². The van der Waals surface area contributed by atoms with Crippen molar-refractivity contribution in [3.05, 3.63) is 36.3 Å². The molecule has 2 heterocycles. The van der Waals surface area contributed by atoms with Gasteiger partial charge in [0.1, 0.15) is 5.69 Å². The predicted octanol–water partition coefficient (Wildman–Crippen LogP) is 9.52. The van der Waals surface area contributed by atoms with Crippen LogP contribution in [0.15, 0.2) is 30.7 Å². The topological polar surface area (TPSA) is 47.9 Å². The number of aryl methyl sites for hydroxylation is 1. The summed E-state index contributed by atoms with van der Waals surface area (Å²) in [6, 6.07) is 4.21. The van der Waals surface area contributed by atoms with Crippen molar-refractivity contribution in [1.29, 1.82) is 0 Å². The molecule has 196 valence electrons. The first kappa shape index (κ1) is 29.3. The molecule has 2 aromatic rings. The van der Waals surface area contributed by atoms with Gasteiger partial charge in [-0.3, -0.25) is 4.98 Å². The van der Waals surface area contributed by atoms with Crippen molar-refractivity contribution in [3.63, 3.8) is 0 Å². The number of hydrogen-bond acceptors (Lipinski definition) is 4. The summed E-state index contributed by atoms with van der Waals surface area (Å²) in [6.45, 7) is 5.29. The highest BCUT2D eigenvalue weighted by molar-refractivity contribution is 5.49. The van der Waals surface area contributed by atoms with Gasteiger partial charge in [-0.05, 0) is 30.9 Å². The third kappa shape index (κ3) is 14.2. The summed E-state index contributed by atoms with van der Waals surface area (Å²) in [7, 11) is 0. The normalized spacial score (nSPS) is 11.1. The fraction of sp³-hybridized carbons (Fsp3) is 0.710. The van der Waals surface area contributed by atoms with Gasteiger partial charge in [0.2, 0.25) is 0 Å². The molecule has 4 nitrogen and oxygen atoms in total. The number of aromatic nitrogens is 3. The van der Waals surface area contributed by atoms with Gasteiger partial charge in [-0.1, -0.05) is 123 Å². The van der Waals surface area contributed by atoms with Crippen molar-refractivity contribution in [1.82, 2.24) is 15.0 Å². The molecule has 0 spiro atoms. The van der Waals surface area contributed by atoms with E-state index in [2.05, 4.69) is 34.9 Å². The number of unbranched alkanes of at least 4 members (excludes halogenated alkanes) is 16. The van der Waals surface area contributed by atoms with Gasteiger partial charge in [0.05, 0.1) is 19.0 Å². The third-order valence-corrected chi connectivity index (χ3v) is 6.77. The summed E-state index contributed by atoms with van der Waals surface area (Å²) < 4.78 is 5.83. The van der Waals surface area contributed by atoms with Gasteiger partial charge >= 0.3 is 0 Å². The van der Waals surface area contributed by atoms with Crippen molar-refractivity contribution < 1.29 is 4.74 Å². The molecule has 2 rings (SSSR count). The Labute approximate surface area is 215 Å². The molecule has 0 bridgehead atoms. The van der Waals surface area contributed by atoms with Crippen LogP contribution >= 0.6 is 0 Å². The lowest BCUT2D eigenvalue weighted by molar-refractivity contribution is 0.302. The van der Waals surface area contributed by atoms with Crippen LogP contribution in [0, 0.1) is 0 Å². The number of hydrogen-bond donors (Lipinski definition) is 0. The van der Waals surface area contributed by atoms with Gasteiger partial charge in [0, 0.05) is 6.20 Å². The average Bonchev–Trinajstić information content (AvgIpc) is 2.89. The molecule has 0 saturated heterocycles. The molecule has 0 radical (unpaired) electrons. The van der Waals surface area contributed by atoms with Gasteiger partial charge in [0.15, 0.2) is 11.6 Å². The summed E-state index contributed by atoms with van der Waals surface area (Å²) in [5, 5.41) is 0. The Balaban J connectivity index is 1.54. The second-order valence-electron chi connectivity index (χ2n) is 10.0. The summed E-state index contributed by atoms with van der Waals surface area (Å²) in [4.78, 5) is 13.5. The monoisotopic (exact) mass is 481 g/mol. The van der Waals surface area contributed by atoms with E-state index in [0.29, 0.717) is 5.82 Å². The highest BCUT2D eigenvalue weighted by atomic mass is 16.5. The Morgan fingerprint density at radius 2 is 1.06 bits per heavy atom. The quantitative estimate of drug-likeness (QED) is 0.157. The average molecular weight is 482 g/mol. The standard InChI is InChI=1S/C31H51N3O/c1-3-5-7-9-11-13-14-16-18-20-24-35-29-26-33-31(34-27-29)30-23-22-28(25-32-30)21-19-17-15-12-10-8-6-4-2/h22-23,25-27H,3-21,24H2,1-2H3. The molecule has 0 unspecified atom stereocenters. The predicted molar refractivity (Wildman–Crippen MR) is 149 cm³/mol. The van der Waals surface area contributed by atoms with E-state index in [4.69, 9.17) is 4.74 Å². The fourth-order valence-electron chi connectivity index (χ4n) is 4.47. The smallest absolute Gasteiger partial charge is 0.178 e. The zero-order valence-electron chi connectivity index (χ0n) is 22.8. The van der Waals surface area contributed by atoms with Crippen molar-refractivity contribution in [2.45, 2.75) is 136 Å². The van der Waals surface area contributed by atoms with E-state index < -0.39 is 0 Å². The van der Waals surface area contributed by atoms with Crippen LogP contribution in [0.3, 0.4) is 0 Å². The van der Waals surface area contributed by atoms with E-state index in [0.717, 1.165) is 30.9 Å². The van der Waals surface area contributed by atoms with E-state index in [1.54, 1.807) is 12.4 Å². The van der Waals surface area contributed by atoms with E-state index in [1.165, 1.54) is 115 Å². The molecular formula is C31H51N3O. The van der Waals surface area contributed by atoms with Crippen LogP contribution in [0.2, 0.25) is 0 Å². The Kier molecular flexibility index (Phi) is 16.9. The maximum absolute atomic E-state index is 5.83. The Morgan fingerprint density at radius 1 is 0.543 bits per heavy atom. The van der Waals surface area contributed by atoms with Crippen LogP contribution < -0.4 is 4.74 Å². The van der Waals surface area contributed by atoms with Crippen LogP contribution in [0.1, 0.15) is 135 Å². The number of rotatable bonds is 22. The summed E-state index contributed by atoms with van der Waals surface area (Å²) >= 11 is 0. The molecule has 0 amide bonds. The molecule has 4 heteroatoms. The molecular weight excluding hydrogens is 430 g/mol. The number of pyridine rings is 1. The highest BCUT2D eigenvalue weighted by Gasteiger charge is 2.04. The van der Waals surface area contributed by atoms with E-state index in [-0.39, 0.29) is 0 Å². The zero-order valence-corrected chi connectivity index (χ0v) is 22.8. The van der Waals surface area contributed by atoms with Gasteiger partial charge < -0.3 is 4.74 Å². The van der Waals surface area contributed by atoms with E-state index in [1.807, 2.05) is 12.3 Å². The maximum Gasteiger partial charge on any atom is 0.178 e. The SMILES string of the molecule is CCCCCCCCCCCCOc1cnc(-c2ccc(CCCCCCCCCC)cn2)nc1. The van der Waals surface area contributed by atoms with Gasteiger partial charge in [-0.2, -0.15) is 0 Å². The molecule has 0 saturated carbocycles. The summed E-state index contributed by atoms with van der Waals surface area (Å²) in [5.41, 5.74) is 2.13. The zero-order chi connectivity index (χ0) is 24.8. The van der Waals surface area contributed by atoms with Crippen LogP contribution in [0.25, 0.3) is 11.5 Å². The minimum Gasteiger partial charge on any atom is -0.490 e. The van der Waals surface area contributed by atoms with Crippen LogP contribution in [-0.4, -0.2) is 21.6 Å². The lowest BCUT2D eigenvalue weighted by Crippen LogP contribution is -1.99. The first-order chi connectivity index (χ1) is 17.3. The molecule has 0 aliphatic heterocycles. The highest BCUT2D eigenvalue weighted by Crippen LogP contribution is 2.17. The Morgan fingerprint density at radius 3 is 1.57 bits per heavy atom. The fourth-order valence-corrected chi connectivity index (χ4v) is 4.47. The largest absolute Gasteiger partial charge is 0.490 e. The maximum atomic E-state index is 5.83. The van der Waals surface area contributed by atoms with E-state index >= 15 is 0 Å². The molecule has 35 heavy (non-hydrogen) atoms. The minimum atomic E-state index is 0.662. The van der Waals surface area contributed by atoms with Crippen LogP contribution in [0.4, 0.5) is 0 Å². The summed E-state index contributed by atoms with van der Waals surface area (Å²) in [6.07, 6.45) is 30.8. The van der Waals surface area contributed by atoms with Crippen LogP contribution in [0.5, 0.6) is 5.75 Å². The Hall–Kier alpha value is -1.97. The van der Waals surface area contributed by atoms with Crippen molar-refractivity contribution in [2.24, 2.45) is 0 Å². The molecule has 2 aromatic heterocycles. The van der Waals surface area contributed by atoms with Crippen LogP contribution in [-0.2, 0) is 6.42 Å². The number of ether oxygens (including phenoxy) is 1. The van der Waals surface area contributed by atoms with Gasteiger partial charge in [0.25, 0.3) is 0 Å². The third-order valence-electron chi connectivity index (χ3n) is 6.77. The van der Waals surface area contributed by atoms with Crippen molar-refractivity contribution in [2.75, 3.05) is 6.61 Å². The molecule has 0 aliphatic carbocycles. The lowest BCUT2D eigenvalue weighted by Gasteiger charge is -2.07. The lowest BCUT2D eigenvalue weighted by atomic mass is 10.0. The van der Waals surface area contributed by atoms with Gasteiger partial charge in [-0.25, -0.2) is 9.97 Å². The molecule has 0 atom stereocenters. The first-order valence-corrected chi connectivity index (χ1v) is 14.7. The van der Waals surface area contributed by atoms with Crippen molar-refractivity contribution in [3.8, 4) is 17.3 Å². The second kappa shape index (κ2) is 20.2.